The van der Waals surface area contributed by atoms with Crippen LogP contribution in [-0.4, -0.2) is 0 Å². The molecule has 3 aromatic carbocycles. The molecule has 0 radical (unpaired) electrons. The van der Waals surface area contributed by atoms with Crippen molar-refractivity contribution >= 4 is 17.1 Å². The first-order valence-electron chi connectivity index (χ1n) is 8.47. The Morgan fingerprint density at radius 2 is 1.21 bits per heavy atom. The fraction of sp³-hybridized carbons (Fsp3) is 0.217. The van der Waals surface area contributed by atoms with Crippen molar-refractivity contribution in [2.75, 3.05) is 4.90 Å². The van der Waals surface area contributed by atoms with E-state index in [1.165, 1.54) is 28.2 Å². The minimum absolute atomic E-state index is 0.166. The SMILES string of the molecule is Cc1cccc(N(c2ccccc2)c2ccc(C(C)(C)C)cc2)c1. The molecule has 0 amide bonds. The molecule has 0 unspecified atom stereocenters. The minimum atomic E-state index is 0.166. The fourth-order valence-electron chi connectivity index (χ4n) is 2.90. The van der Waals surface area contributed by atoms with Crippen molar-refractivity contribution < 1.29 is 0 Å². The predicted molar refractivity (Wildman–Crippen MR) is 105 cm³/mol. The zero-order chi connectivity index (χ0) is 17.2. The Kier molecular flexibility index (Phi) is 4.44. The third kappa shape index (κ3) is 3.51. The highest BCUT2D eigenvalue weighted by Gasteiger charge is 2.16. The van der Waals surface area contributed by atoms with Crippen LogP contribution in [0.5, 0.6) is 0 Å². The maximum atomic E-state index is 2.30. The Hall–Kier alpha value is -2.54. The molecule has 0 aliphatic rings. The zero-order valence-electron chi connectivity index (χ0n) is 15.0. The van der Waals surface area contributed by atoms with Crippen LogP contribution in [0.4, 0.5) is 17.1 Å². The van der Waals surface area contributed by atoms with Gasteiger partial charge in [-0.05, 0) is 59.9 Å². The largest absolute Gasteiger partial charge is 0.310 e. The summed E-state index contributed by atoms with van der Waals surface area (Å²) in [6, 6.07) is 28.1. The molecule has 0 N–H and O–H groups in total. The number of para-hydroxylation sites is 1. The summed E-state index contributed by atoms with van der Waals surface area (Å²) in [5, 5.41) is 0. The van der Waals surface area contributed by atoms with Gasteiger partial charge in [-0.15, -0.1) is 0 Å². The quantitative estimate of drug-likeness (QED) is 0.516. The Balaban J connectivity index is 2.08. The molecular formula is C23H25N. The van der Waals surface area contributed by atoms with Crippen molar-refractivity contribution in [2.24, 2.45) is 0 Å². The summed E-state index contributed by atoms with van der Waals surface area (Å²) in [6.07, 6.45) is 0. The summed E-state index contributed by atoms with van der Waals surface area (Å²) in [5.74, 6) is 0. The number of anilines is 3. The molecule has 0 fully saturated rings. The molecule has 0 atom stereocenters. The van der Waals surface area contributed by atoms with Crippen molar-refractivity contribution in [2.45, 2.75) is 33.1 Å². The summed E-state index contributed by atoms with van der Waals surface area (Å²) in [5.41, 5.74) is 6.32. The van der Waals surface area contributed by atoms with Gasteiger partial charge in [0.1, 0.15) is 0 Å². The fourth-order valence-corrected chi connectivity index (χ4v) is 2.90. The van der Waals surface area contributed by atoms with E-state index in [1.54, 1.807) is 0 Å². The molecule has 0 heterocycles. The van der Waals surface area contributed by atoms with Gasteiger partial charge in [0.2, 0.25) is 0 Å². The van der Waals surface area contributed by atoms with Gasteiger partial charge >= 0.3 is 0 Å². The van der Waals surface area contributed by atoms with Crippen LogP contribution < -0.4 is 4.90 Å². The first kappa shape index (κ1) is 16.3. The minimum Gasteiger partial charge on any atom is -0.310 e. The van der Waals surface area contributed by atoms with Gasteiger partial charge in [0.25, 0.3) is 0 Å². The van der Waals surface area contributed by atoms with Gasteiger partial charge in [0, 0.05) is 17.1 Å². The highest BCUT2D eigenvalue weighted by molar-refractivity contribution is 5.76. The molecule has 0 spiro atoms. The zero-order valence-corrected chi connectivity index (χ0v) is 15.0. The second-order valence-electron chi connectivity index (χ2n) is 7.31. The van der Waals surface area contributed by atoms with Gasteiger partial charge in [0.05, 0.1) is 0 Å². The monoisotopic (exact) mass is 315 g/mol. The van der Waals surface area contributed by atoms with E-state index in [0.29, 0.717) is 0 Å². The second kappa shape index (κ2) is 6.52. The van der Waals surface area contributed by atoms with E-state index in [9.17, 15) is 0 Å². The molecule has 0 aromatic heterocycles. The summed E-state index contributed by atoms with van der Waals surface area (Å²) in [6.45, 7) is 8.88. The standard InChI is InChI=1S/C23H25N/c1-18-9-8-12-22(17-18)24(20-10-6-5-7-11-20)21-15-13-19(14-16-21)23(2,3)4/h5-17H,1-4H3. The number of rotatable bonds is 3. The van der Waals surface area contributed by atoms with E-state index >= 15 is 0 Å². The number of hydrogen-bond acceptors (Lipinski definition) is 1. The van der Waals surface area contributed by atoms with Gasteiger partial charge in [-0.25, -0.2) is 0 Å². The van der Waals surface area contributed by atoms with Crippen LogP contribution in [0.25, 0.3) is 0 Å². The van der Waals surface area contributed by atoms with Gasteiger partial charge in [-0.2, -0.15) is 0 Å². The summed E-state index contributed by atoms with van der Waals surface area (Å²) < 4.78 is 0. The van der Waals surface area contributed by atoms with Crippen LogP contribution in [0.3, 0.4) is 0 Å². The highest BCUT2D eigenvalue weighted by Crippen LogP contribution is 2.35. The van der Waals surface area contributed by atoms with Crippen LogP contribution in [0.1, 0.15) is 31.9 Å². The molecule has 0 saturated heterocycles. The average molecular weight is 315 g/mol. The Bertz CT molecular complexity index is 795. The van der Waals surface area contributed by atoms with Crippen molar-refractivity contribution in [3.63, 3.8) is 0 Å². The van der Waals surface area contributed by atoms with Crippen LogP contribution in [0, 0.1) is 6.92 Å². The van der Waals surface area contributed by atoms with Gasteiger partial charge < -0.3 is 4.90 Å². The number of benzene rings is 3. The normalized spacial score (nSPS) is 11.3. The second-order valence-corrected chi connectivity index (χ2v) is 7.31. The Morgan fingerprint density at radius 1 is 0.625 bits per heavy atom. The number of aryl methyl sites for hydroxylation is 1. The number of nitrogens with zero attached hydrogens (tertiary/aromatic N) is 1. The van der Waals surface area contributed by atoms with Crippen molar-refractivity contribution in [1.82, 2.24) is 0 Å². The highest BCUT2D eigenvalue weighted by atomic mass is 15.1. The maximum Gasteiger partial charge on any atom is 0.0464 e. The topological polar surface area (TPSA) is 3.24 Å². The molecular weight excluding hydrogens is 290 g/mol. The first-order chi connectivity index (χ1) is 11.4. The summed E-state index contributed by atoms with van der Waals surface area (Å²) >= 11 is 0. The summed E-state index contributed by atoms with van der Waals surface area (Å²) in [7, 11) is 0. The smallest absolute Gasteiger partial charge is 0.0464 e. The predicted octanol–water partition coefficient (Wildman–Crippen LogP) is 6.76. The molecule has 122 valence electrons. The van der Waals surface area contributed by atoms with E-state index in [2.05, 4.69) is 111 Å². The molecule has 3 rings (SSSR count). The maximum absolute atomic E-state index is 2.30. The van der Waals surface area contributed by atoms with E-state index in [0.717, 1.165) is 0 Å². The molecule has 24 heavy (non-hydrogen) atoms. The van der Waals surface area contributed by atoms with Crippen LogP contribution in [-0.2, 0) is 5.41 Å². The van der Waals surface area contributed by atoms with E-state index in [-0.39, 0.29) is 5.41 Å². The van der Waals surface area contributed by atoms with E-state index in [1.807, 2.05) is 0 Å². The first-order valence-corrected chi connectivity index (χ1v) is 8.47. The van der Waals surface area contributed by atoms with Crippen molar-refractivity contribution in [3.8, 4) is 0 Å². The lowest BCUT2D eigenvalue weighted by Crippen LogP contribution is -2.13. The third-order valence-corrected chi connectivity index (χ3v) is 4.27. The van der Waals surface area contributed by atoms with Crippen LogP contribution >= 0.6 is 0 Å². The molecule has 1 heteroatoms. The van der Waals surface area contributed by atoms with Crippen molar-refractivity contribution in [1.29, 1.82) is 0 Å². The average Bonchev–Trinajstić information content (AvgIpc) is 2.56. The van der Waals surface area contributed by atoms with Crippen LogP contribution in [0.15, 0.2) is 78.9 Å². The van der Waals surface area contributed by atoms with Gasteiger partial charge in [-0.1, -0.05) is 63.2 Å². The molecule has 1 nitrogen and oxygen atoms in total. The Labute approximate surface area is 145 Å². The number of hydrogen-bond donors (Lipinski definition) is 0. The van der Waals surface area contributed by atoms with E-state index in [4.69, 9.17) is 0 Å². The molecule has 0 bridgehead atoms. The Morgan fingerprint density at radius 3 is 1.79 bits per heavy atom. The van der Waals surface area contributed by atoms with Gasteiger partial charge in [0.15, 0.2) is 0 Å². The lowest BCUT2D eigenvalue weighted by molar-refractivity contribution is 0.590. The molecule has 0 aliphatic carbocycles. The molecule has 3 aromatic rings. The third-order valence-electron chi connectivity index (χ3n) is 4.27. The summed E-state index contributed by atoms with van der Waals surface area (Å²) in [4.78, 5) is 2.30. The van der Waals surface area contributed by atoms with Gasteiger partial charge in [-0.3, -0.25) is 0 Å². The molecule has 0 saturated carbocycles. The van der Waals surface area contributed by atoms with Crippen molar-refractivity contribution in [3.05, 3.63) is 90.0 Å². The van der Waals surface area contributed by atoms with Crippen LogP contribution in [0.2, 0.25) is 0 Å². The lowest BCUT2D eigenvalue weighted by Gasteiger charge is -2.27. The molecule has 0 aliphatic heterocycles. The van der Waals surface area contributed by atoms with E-state index < -0.39 is 0 Å². The lowest BCUT2D eigenvalue weighted by atomic mass is 9.87.